The zero-order valence-corrected chi connectivity index (χ0v) is 40.5. The molecular formula is C52H65N7O9. The number of phenols is 1. The van der Waals surface area contributed by atoms with E-state index in [1.165, 1.54) is 21.9 Å². The van der Waals surface area contributed by atoms with Gasteiger partial charge in [0.05, 0.1) is 30.5 Å². The molecule has 3 aliphatic heterocycles. The molecule has 2 saturated heterocycles. The van der Waals surface area contributed by atoms with Gasteiger partial charge in [0.1, 0.15) is 30.5 Å². The summed E-state index contributed by atoms with van der Waals surface area (Å²) in [6, 6.07) is 12.4. The van der Waals surface area contributed by atoms with Gasteiger partial charge in [0.15, 0.2) is 0 Å². The number of benzene rings is 2. The molecule has 16 heteroatoms. The third-order valence-corrected chi connectivity index (χ3v) is 13.2. The molecule has 3 aliphatic rings. The van der Waals surface area contributed by atoms with Crippen molar-refractivity contribution in [2.45, 2.75) is 98.0 Å². The minimum Gasteiger partial charge on any atom is -0.508 e. The van der Waals surface area contributed by atoms with Crippen LogP contribution in [0.4, 0.5) is 0 Å². The Hall–Kier alpha value is -6.28. The van der Waals surface area contributed by atoms with E-state index in [9.17, 15) is 29.1 Å². The molecule has 4 atom stereocenters. The first kappa shape index (κ1) is 49.6. The van der Waals surface area contributed by atoms with E-state index in [2.05, 4.69) is 66.1 Å². The van der Waals surface area contributed by atoms with E-state index in [-0.39, 0.29) is 50.3 Å². The summed E-state index contributed by atoms with van der Waals surface area (Å²) in [7, 11) is 4.71. The predicted molar refractivity (Wildman–Crippen MR) is 256 cm³/mol. The van der Waals surface area contributed by atoms with Gasteiger partial charge in [-0.25, -0.2) is 5.43 Å². The molecule has 362 valence electrons. The van der Waals surface area contributed by atoms with Crippen molar-refractivity contribution in [3.63, 3.8) is 0 Å². The van der Waals surface area contributed by atoms with E-state index in [4.69, 9.17) is 19.2 Å². The van der Waals surface area contributed by atoms with Crippen molar-refractivity contribution in [3.05, 3.63) is 71.5 Å². The number of esters is 1. The molecule has 0 saturated carbocycles. The number of amides is 4. The molecule has 2 aromatic carbocycles. The monoisotopic (exact) mass is 931 g/mol. The van der Waals surface area contributed by atoms with Gasteiger partial charge in [0.25, 0.3) is 11.8 Å². The number of aromatic hydroxyl groups is 1. The Morgan fingerprint density at radius 2 is 1.85 bits per heavy atom. The normalized spacial score (nSPS) is 20.0. The summed E-state index contributed by atoms with van der Waals surface area (Å²) in [5, 5.41) is 16.7. The molecule has 4 aromatic rings. The lowest BCUT2D eigenvalue weighted by molar-refractivity contribution is -0.155. The second-order valence-corrected chi connectivity index (χ2v) is 19.3. The van der Waals surface area contributed by atoms with Crippen molar-refractivity contribution >= 4 is 40.5 Å². The molecule has 0 spiro atoms. The quantitative estimate of drug-likeness (QED) is 0.146. The molecule has 16 nitrogen and oxygen atoms in total. The number of rotatable bonds is 10. The molecular weight excluding hydrogens is 867 g/mol. The minimum atomic E-state index is -1.18. The zero-order chi connectivity index (χ0) is 48.9. The standard InChI is InChI=1S/C52H65N7O9/c1-9-58-44-17-16-34-27-39(44)40(47(58)38-13-10-19-53-43(38)30-67-8)28-52(4,5)31-68-51(65)41-14-11-20-59(55-41)50(64)42(25-33-23-36(34)26-37(60)24-33)54-48(62)46(32(2)3)56(6)49(63)35-18-21-57(29-35)45(61)15-12-22-66-7/h10,13,16-17,19,23-24,26-27,32,35,41-42,46,55,60H,9,11,14,18,20-22,25,28-31H2,1-8H3,(H,54,62)/t35-,41-,42?,46-/m0/s1. The first-order chi connectivity index (χ1) is 32.5. The number of methoxy groups -OCH3 is 2. The minimum absolute atomic E-state index is 0.0182. The molecule has 0 aliphatic carbocycles. The molecule has 4 amide bonds. The van der Waals surface area contributed by atoms with Gasteiger partial charge in [-0.15, -0.1) is 0 Å². The summed E-state index contributed by atoms with van der Waals surface area (Å²) in [6.45, 7) is 11.9. The van der Waals surface area contributed by atoms with Crippen molar-refractivity contribution in [1.29, 1.82) is 0 Å². The smallest absolute Gasteiger partial charge is 0.324 e. The predicted octanol–water partition coefficient (Wildman–Crippen LogP) is 4.87. The van der Waals surface area contributed by atoms with Gasteiger partial charge in [-0.2, -0.15) is 0 Å². The van der Waals surface area contributed by atoms with Crippen LogP contribution in [0.1, 0.15) is 70.7 Å². The molecule has 5 heterocycles. The average Bonchev–Trinajstić information content (AvgIpc) is 3.93. The Balaban J connectivity index is 1.27. The van der Waals surface area contributed by atoms with E-state index in [1.807, 2.05) is 32.0 Å². The van der Waals surface area contributed by atoms with Crippen LogP contribution >= 0.6 is 0 Å². The van der Waals surface area contributed by atoms with Gasteiger partial charge in [-0.3, -0.25) is 34.0 Å². The van der Waals surface area contributed by atoms with Crippen LogP contribution in [0.15, 0.2) is 54.7 Å². The highest BCUT2D eigenvalue weighted by molar-refractivity contribution is 5.97. The number of nitrogens with one attached hydrogen (secondary N) is 2. The summed E-state index contributed by atoms with van der Waals surface area (Å²) in [5.74, 6) is 2.07. The highest BCUT2D eigenvalue weighted by Crippen LogP contribution is 2.41. The fourth-order valence-electron chi connectivity index (χ4n) is 9.94. The van der Waals surface area contributed by atoms with Crippen LogP contribution in [0.25, 0.3) is 33.3 Å². The molecule has 0 radical (unpaired) electrons. The zero-order valence-electron chi connectivity index (χ0n) is 40.5. The summed E-state index contributed by atoms with van der Waals surface area (Å²) in [4.78, 5) is 77.6. The van der Waals surface area contributed by atoms with Crippen molar-refractivity contribution in [2.75, 3.05) is 54.1 Å². The number of hydrogen-bond donors (Lipinski definition) is 3. The van der Waals surface area contributed by atoms with Crippen molar-refractivity contribution in [1.82, 2.24) is 35.1 Å². The van der Waals surface area contributed by atoms with E-state index in [1.54, 1.807) is 32.5 Å². The molecule has 2 aromatic heterocycles. The number of aromatic nitrogens is 2. The van der Waals surface area contributed by atoms with E-state index in [0.29, 0.717) is 56.5 Å². The second kappa shape index (κ2) is 21.3. The molecule has 3 N–H and O–H groups in total. The highest BCUT2D eigenvalue weighted by Gasteiger charge is 2.40. The van der Waals surface area contributed by atoms with Crippen molar-refractivity contribution in [3.8, 4) is 40.0 Å². The first-order valence-corrected chi connectivity index (χ1v) is 23.5. The fourth-order valence-corrected chi connectivity index (χ4v) is 9.94. The molecule has 6 bridgehead atoms. The Bertz CT molecular complexity index is 2610. The van der Waals surface area contributed by atoms with Crippen molar-refractivity contribution in [2.24, 2.45) is 17.3 Å². The number of cyclic esters (lactones) is 1. The van der Waals surface area contributed by atoms with Gasteiger partial charge in [-0.05, 0) is 103 Å². The second-order valence-electron chi connectivity index (χ2n) is 19.3. The van der Waals surface area contributed by atoms with Crippen LogP contribution in [0, 0.1) is 29.1 Å². The first-order valence-electron chi connectivity index (χ1n) is 23.5. The van der Waals surface area contributed by atoms with Crippen LogP contribution in [-0.2, 0) is 64.2 Å². The number of likely N-dealkylation sites (N-methyl/N-ethyl adjacent to an activating group) is 1. The number of hydrogen-bond acceptors (Lipinski definition) is 11. The number of aryl methyl sites for hydroxylation is 1. The Morgan fingerprint density at radius 3 is 2.59 bits per heavy atom. The summed E-state index contributed by atoms with van der Waals surface area (Å²) in [6.07, 6.45) is 3.63. The number of nitrogens with zero attached hydrogens (tertiary/aromatic N) is 5. The van der Waals surface area contributed by atoms with Gasteiger partial charge in [0, 0.05) is 81.9 Å². The number of fused-ring (bicyclic) bond motifs is 6. The molecule has 1 unspecified atom stereocenters. The third kappa shape index (κ3) is 10.9. The fraction of sp³-hybridized carbons (Fsp3) is 0.500. The lowest BCUT2D eigenvalue weighted by atomic mass is 9.84. The summed E-state index contributed by atoms with van der Waals surface area (Å²) < 4.78 is 18.9. The van der Waals surface area contributed by atoms with Gasteiger partial charge in [0.2, 0.25) is 11.8 Å². The number of likely N-dealkylation sites (tertiary alicyclic amines) is 1. The lowest BCUT2D eigenvalue weighted by Gasteiger charge is -2.37. The van der Waals surface area contributed by atoms with E-state index in [0.717, 1.165) is 39.0 Å². The van der Waals surface area contributed by atoms with E-state index < -0.39 is 53.1 Å². The summed E-state index contributed by atoms with van der Waals surface area (Å²) in [5.41, 5.74) is 9.49. The highest BCUT2D eigenvalue weighted by atomic mass is 16.5. The maximum absolute atomic E-state index is 14.7. The molecule has 7 rings (SSSR count). The van der Waals surface area contributed by atoms with Crippen LogP contribution in [0.5, 0.6) is 5.75 Å². The van der Waals surface area contributed by atoms with Crippen LogP contribution < -0.4 is 10.7 Å². The molecule has 68 heavy (non-hydrogen) atoms. The van der Waals surface area contributed by atoms with Crippen LogP contribution in [-0.4, -0.2) is 131 Å². The Labute approximate surface area is 398 Å². The maximum Gasteiger partial charge on any atom is 0.324 e. The van der Waals surface area contributed by atoms with Gasteiger partial charge in [-0.1, -0.05) is 45.7 Å². The Kier molecular flexibility index (Phi) is 15.6. The van der Waals surface area contributed by atoms with E-state index >= 15 is 0 Å². The number of phenolic OH excluding ortho intramolecular Hbond substituents is 1. The van der Waals surface area contributed by atoms with Gasteiger partial charge < -0.3 is 39.0 Å². The van der Waals surface area contributed by atoms with Crippen LogP contribution in [0.3, 0.4) is 0 Å². The number of pyridine rings is 1. The van der Waals surface area contributed by atoms with Crippen LogP contribution in [0.2, 0.25) is 0 Å². The third-order valence-electron chi connectivity index (χ3n) is 13.2. The number of carbonyl (C=O) groups is 5. The Morgan fingerprint density at radius 1 is 1.06 bits per heavy atom. The topological polar surface area (TPSA) is 185 Å². The SMILES string of the molecule is CCn1c(-c2cccnc2COC)c2c3cc(ccc31)-c1cc(O)cc(c1)CC(NC(=O)[C@H](C(C)C)N(C)C(=O)[C@H]1CCN(C(=O)C#CCOC)C1)C(=O)N1CCC[C@H](N1)C(=O)OCC(C)(C)C2. The molecule has 2 fully saturated rings. The van der Waals surface area contributed by atoms with Crippen molar-refractivity contribution < 1.29 is 43.3 Å². The average molecular weight is 932 g/mol. The largest absolute Gasteiger partial charge is 0.508 e. The lowest BCUT2D eigenvalue weighted by Crippen LogP contribution is -2.62. The number of hydrazine groups is 1. The number of carbonyl (C=O) groups excluding carboxylic acids is 5. The number of ether oxygens (including phenoxy) is 3. The maximum atomic E-state index is 14.7. The summed E-state index contributed by atoms with van der Waals surface area (Å²) >= 11 is 0. The van der Waals surface area contributed by atoms with Gasteiger partial charge >= 0.3 is 5.97 Å².